The number of aromatic nitrogens is 4. The average Bonchev–Trinajstić information content (AvgIpc) is 3.03. The highest BCUT2D eigenvalue weighted by molar-refractivity contribution is 5.32. The molecule has 100 valence electrons. The van der Waals surface area contributed by atoms with Crippen molar-refractivity contribution in [2.45, 2.75) is 39.2 Å². The Balaban J connectivity index is 1.85. The molecule has 0 aliphatic heterocycles. The maximum Gasteiger partial charge on any atom is 0.368 e. The van der Waals surface area contributed by atoms with Crippen LogP contribution in [0.15, 0.2) is 29.1 Å². The summed E-state index contributed by atoms with van der Waals surface area (Å²) >= 11 is 0. The Morgan fingerprint density at radius 1 is 1.16 bits per heavy atom. The Hall–Kier alpha value is -1.91. The molecule has 0 unspecified atom stereocenters. The van der Waals surface area contributed by atoms with Gasteiger partial charge in [0, 0.05) is 0 Å². The standard InChI is InChI=1S/C14H18N4O/c1-11-6-8-13(9-7-11)18-14(19)17(15-16-18)10-12-4-2-3-5-12/h6-9,12H,2-5,10H2,1H3. The van der Waals surface area contributed by atoms with Gasteiger partial charge in [0.2, 0.25) is 0 Å². The molecular weight excluding hydrogens is 240 g/mol. The lowest BCUT2D eigenvalue weighted by atomic mass is 10.1. The van der Waals surface area contributed by atoms with Gasteiger partial charge in [0.15, 0.2) is 0 Å². The number of rotatable bonds is 3. The predicted molar refractivity (Wildman–Crippen MR) is 72.3 cm³/mol. The van der Waals surface area contributed by atoms with Gasteiger partial charge in [0.1, 0.15) is 0 Å². The highest BCUT2D eigenvalue weighted by Crippen LogP contribution is 2.25. The molecule has 0 atom stereocenters. The van der Waals surface area contributed by atoms with Crippen molar-refractivity contribution in [2.24, 2.45) is 5.92 Å². The average molecular weight is 258 g/mol. The number of hydrogen-bond acceptors (Lipinski definition) is 3. The van der Waals surface area contributed by atoms with Crippen molar-refractivity contribution in [1.29, 1.82) is 0 Å². The van der Waals surface area contributed by atoms with E-state index in [0.717, 1.165) is 11.3 Å². The summed E-state index contributed by atoms with van der Waals surface area (Å²) in [7, 11) is 0. The summed E-state index contributed by atoms with van der Waals surface area (Å²) < 4.78 is 2.87. The first kappa shape index (κ1) is 12.1. The molecule has 1 aromatic carbocycles. The van der Waals surface area contributed by atoms with Crippen LogP contribution < -0.4 is 5.69 Å². The van der Waals surface area contributed by atoms with Crippen LogP contribution >= 0.6 is 0 Å². The first-order valence-electron chi connectivity index (χ1n) is 6.84. The van der Waals surface area contributed by atoms with Gasteiger partial charge in [-0.2, -0.15) is 9.36 Å². The molecule has 1 saturated carbocycles. The third-order valence-electron chi connectivity index (χ3n) is 3.82. The van der Waals surface area contributed by atoms with E-state index in [4.69, 9.17) is 0 Å². The predicted octanol–water partition coefficient (Wildman–Crippen LogP) is 1.93. The van der Waals surface area contributed by atoms with Crippen LogP contribution in [0.3, 0.4) is 0 Å². The molecule has 1 heterocycles. The van der Waals surface area contributed by atoms with Gasteiger partial charge >= 0.3 is 5.69 Å². The van der Waals surface area contributed by atoms with E-state index in [1.54, 1.807) is 0 Å². The summed E-state index contributed by atoms with van der Waals surface area (Å²) in [5.74, 6) is 0.584. The van der Waals surface area contributed by atoms with Gasteiger partial charge in [-0.3, -0.25) is 0 Å². The van der Waals surface area contributed by atoms with Gasteiger partial charge in [-0.25, -0.2) is 4.79 Å². The molecule has 0 saturated heterocycles. The molecule has 0 spiro atoms. The van der Waals surface area contributed by atoms with Crippen molar-refractivity contribution in [2.75, 3.05) is 0 Å². The topological polar surface area (TPSA) is 52.7 Å². The quantitative estimate of drug-likeness (QED) is 0.845. The van der Waals surface area contributed by atoms with Crippen molar-refractivity contribution in [3.63, 3.8) is 0 Å². The lowest BCUT2D eigenvalue weighted by molar-refractivity contribution is 0.414. The molecule has 0 radical (unpaired) electrons. The highest BCUT2D eigenvalue weighted by Gasteiger charge is 2.18. The maximum atomic E-state index is 12.2. The molecule has 19 heavy (non-hydrogen) atoms. The maximum absolute atomic E-state index is 12.2. The van der Waals surface area contributed by atoms with E-state index in [1.807, 2.05) is 31.2 Å². The van der Waals surface area contributed by atoms with Crippen LogP contribution in [0.2, 0.25) is 0 Å². The second kappa shape index (κ2) is 4.99. The van der Waals surface area contributed by atoms with E-state index in [0.29, 0.717) is 12.5 Å². The third-order valence-corrected chi connectivity index (χ3v) is 3.82. The van der Waals surface area contributed by atoms with Gasteiger partial charge in [0.05, 0.1) is 12.2 Å². The van der Waals surface area contributed by atoms with Crippen molar-refractivity contribution in [1.82, 2.24) is 19.8 Å². The molecular formula is C14H18N4O. The molecule has 5 heteroatoms. The van der Waals surface area contributed by atoms with Gasteiger partial charge in [0.25, 0.3) is 0 Å². The number of nitrogens with zero attached hydrogens (tertiary/aromatic N) is 4. The van der Waals surface area contributed by atoms with Crippen molar-refractivity contribution in [3.05, 3.63) is 40.3 Å². The first-order valence-corrected chi connectivity index (χ1v) is 6.84. The van der Waals surface area contributed by atoms with E-state index < -0.39 is 0 Å². The molecule has 1 aliphatic rings. The van der Waals surface area contributed by atoms with E-state index in [2.05, 4.69) is 10.4 Å². The van der Waals surface area contributed by atoms with Crippen LogP contribution in [0.4, 0.5) is 0 Å². The van der Waals surface area contributed by atoms with Crippen LogP contribution in [0.1, 0.15) is 31.2 Å². The molecule has 0 bridgehead atoms. The Kier molecular flexibility index (Phi) is 3.19. The Morgan fingerprint density at radius 2 is 1.84 bits per heavy atom. The van der Waals surface area contributed by atoms with Crippen molar-refractivity contribution >= 4 is 0 Å². The lowest BCUT2D eigenvalue weighted by Gasteiger charge is -2.05. The van der Waals surface area contributed by atoms with Gasteiger partial charge in [-0.1, -0.05) is 30.5 Å². The molecule has 1 fully saturated rings. The van der Waals surface area contributed by atoms with Crippen LogP contribution in [-0.2, 0) is 6.54 Å². The molecule has 1 aromatic heterocycles. The summed E-state index contributed by atoms with van der Waals surface area (Å²) in [6.45, 7) is 2.72. The fraction of sp³-hybridized carbons (Fsp3) is 0.500. The molecule has 5 nitrogen and oxygen atoms in total. The molecule has 1 aliphatic carbocycles. The van der Waals surface area contributed by atoms with Crippen molar-refractivity contribution in [3.8, 4) is 5.69 Å². The third kappa shape index (κ3) is 2.45. The number of aryl methyl sites for hydroxylation is 1. The lowest BCUT2D eigenvalue weighted by Crippen LogP contribution is -2.26. The van der Waals surface area contributed by atoms with Gasteiger partial charge in [-0.15, -0.1) is 0 Å². The molecule has 3 rings (SSSR count). The first-order chi connectivity index (χ1) is 9.24. The summed E-state index contributed by atoms with van der Waals surface area (Å²) in [4.78, 5) is 12.2. The summed E-state index contributed by atoms with van der Waals surface area (Å²) in [5, 5.41) is 7.97. The second-order valence-corrected chi connectivity index (χ2v) is 5.34. The van der Waals surface area contributed by atoms with Gasteiger partial charge in [-0.05, 0) is 48.2 Å². The molecule has 2 aromatic rings. The Labute approximate surface area is 111 Å². The second-order valence-electron chi connectivity index (χ2n) is 5.34. The van der Waals surface area contributed by atoms with Crippen LogP contribution in [-0.4, -0.2) is 19.8 Å². The number of tetrazole rings is 1. The van der Waals surface area contributed by atoms with Crippen LogP contribution in [0.5, 0.6) is 0 Å². The summed E-state index contributed by atoms with van der Waals surface area (Å²) in [6, 6.07) is 7.73. The Morgan fingerprint density at radius 3 is 2.53 bits per heavy atom. The van der Waals surface area contributed by atoms with Crippen LogP contribution in [0.25, 0.3) is 5.69 Å². The minimum atomic E-state index is -0.143. The molecule has 0 amide bonds. The number of hydrogen-bond donors (Lipinski definition) is 0. The molecule has 0 N–H and O–H groups in total. The normalized spacial score (nSPS) is 16.1. The largest absolute Gasteiger partial charge is 0.368 e. The fourth-order valence-electron chi connectivity index (χ4n) is 2.67. The fourth-order valence-corrected chi connectivity index (χ4v) is 2.67. The zero-order valence-electron chi connectivity index (χ0n) is 11.1. The van der Waals surface area contributed by atoms with Crippen LogP contribution in [0, 0.1) is 12.8 Å². The smallest absolute Gasteiger partial charge is 0.244 e. The van der Waals surface area contributed by atoms with E-state index >= 15 is 0 Å². The Bertz CT molecular complexity index is 605. The zero-order chi connectivity index (χ0) is 13.2. The highest BCUT2D eigenvalue weighted by atomic mass is 16.2. The van der Waals surface area contributed by atoms with Crippen molar-refractivity contribution < 1.29 is 0 Å². The number of benzene rings is 1. The van der Waals surface area contributed by atoms with E-state index in [1.165, 1.54) is 35.0 Å². The summed E-state index contributed by atoms with van der Waals surface area (Å²) in [5.41, 5.74) is 1.79. The van der Waals surface area contributed by atoms with E-state index in [-0.39, 0.29) is 5.69 Å². The zero-order valence-corrected chi connectivity index (χ0v) is 11.1. The summed E-state index contributed by atoms with van der Waals surface area (Å²) in [6.07, 6.45) is 4.94. The minimum absolute atomic E-state index is 0.143. The monoisotopic (exact) mass is 258 g/mol. The minimum Gasteiger partial charge on any atom is -0.244 e. The SMILES string of the molecule is Cc1ccc(-n2nnn(CC3CCCC3)c2=O)cc1. The van der Waals surface area contributed by atoms with E-state index in [9.17, 15) is 4.79 Å². The van der Waals surface area contributed by atoms with Gasteiger partial charge < -0.3 is 0 Å².